The molecule has 0 spiro atoms. The predicted octanol–water partition coefficient (Wildman–Crippen LogP) is 1.80. The van der Waals surface area contributed by atoms with E-state index >= 15 is 0 Å². The van der Waals surface area contributed by atoms with Crippen LogP contribution in [0.15, 0.2) is 18.2 Å². The predicted molar refractivity (Wildman–Crippen MR) is 69.5 cm³/mol. The molecule has 0 aromatic heterocycles. The van der Waals surface area contributed by atoms with Crippen molar-refractivity contribution in [3.63, 3.8) is 0 Å². The first kappa shape index (κ1) is 14.4. The minimum Gasteiger partial charge on any atom is -0.488 e. The van der Waals surface area contributed by atoms with E-state index in [9.17, 15) is 9.18 Å². The van der Waals surface area contributed by atoms with Crippen LogP contribution in [0.5, 0.6) is 5.75 Å². The van der Waals surface area contributed by atoms with Crippen LogP contribution in [0.2, 0.25) is 0 Å². The Hall–Kier alpha value is -1.62. The Kier molecular flexibility index (Phi) is 5.09. The number of carbonyl (C=O) groups excluding carboxylic acids is 1. The number of halogens is 1. The van der Waals surface area contributed by atoms with Crippen molar-refractivity contribution in [2.24, 2.45) is 0 Å². The Balaban J connectivity index is 2.86. The van der Waals surface area contributed by atoms with Gasteiger partial charge in [0.1, 0.15) is 0 Å². The molecule has 0 aliphatic heterocycles. The lowest BCUT2D eigenvalue weighted by Gasteiger charge is -2.18. The van der Waals surface area contributed by atoms with Crippen molar-refractivity contribution in [2.75, 3.05) is 25.5 Å². The van der Waals surface area contributed by atoms with E-state index in [4.69, 9.17) is 4.74 Å². The van der Waals surface area contributed by atoms with Crippen molar-refractivity contribution in [3.8, 4) is 5.75 Å². The topological polar surface area (TPSA) is 41.6 Å². The Bertz CT molecular complexity index is 421. The van der Waals surface area contributed by atoms with E-state index in [2.05, 4.69) is 5.32 Å². The molecule has 0 atom stereocenters. The van der Waals surface area contributed by atoms with Crippen LogP contribution in [0.1, 0.15) is 13.8 Å². The third kappa shape index (κ3) is 3.70. The summed E-state index contributed by atoms with van der Waals surface area (Å²) in [6.45, 7) is 3.87. The van der Waals surface area contributed by atoms with Gasteiger partial charge in [-0.3, -0.25) is 4.79 Å². The van der Waals surface area contributed by atoms with E-state index in [0.717, 1.165) is 0 Å². The fourth-order valence-electron chi connectivity index (χ4n) is 1.46. The van der Waals surface area contributed by atoms with E-state index in [1.165, 1.54) is 17.0 Å². The molecular weight excluding hydrogens is 235 g/mol. The van der Waals surface area contributed by atoms with Gasteiger partial charge in [0.25, 0.3) is 0 Å². The number of anilines is 1. The molecule has 0 bridgehead atoms. The van der Waals surface area contributed by atoms with Gasteiger partial charge in [-0.1, -0.05) is 0 Å². The summed E-state index contributed by atoms with van der Waals surface area (Å²) in [5.41, 5.74) is 0.504. The Labute approximate surface area is 107 Å². The molecular formula is C13H19FN2O2. The number of ether oxygens (including phenoxy) is 1. The summed E-state index contributed by atoms with van der Waals surface area (Å²) >= 11 is 0. The maximum Gasteiger partial charge on any atom is 0.240 e. The van der Waals surface area contributed by atoms with Crippen LogP contribution in [-0.2, 0) is 4.79 Å². The van der Waals surface area contributed by atoms with Crippen molar-refractivity contribution < 1.29 is 13.9 Å². The van der Waals surface area contributed by atoms with Crippen molar-refractivity contribution >= 4 is 11.6 Å². The molecule has 1 N–H and O–H groups in total. The number of likely N-dealkylation sites (N-methyl/N-ethyl adjacent to an activating group) is 2. The average molecular weight is 254 g/mol. The lowest BCUT2D eigenvalue weighted by Crippen LogP contribution is -2.34. The minimum atomic E-state index is -0.467. The summed E-state index contributed by atoms with van der Waals surface area (Å²) in [6.07, 6.45) is -0.0889. The van der Waals surface area contributed by atoms with Gasteiger partial charge in [-0.05, 0) is 33.0 Å². The fraction of sp³-hybridized carbons (Fsp3) is 0.462. The van der Waals surface area contributed by atoms with Gasteiger partial charge in [-0.15, -0.1) is 0 Å². The number of rotatable bonds is 5. The number of nitrogens with zero attached hydrogens (tertiary/aromatic N) is 1. The summed E-state index contributed by atoms with van der Waals surface area (Å²) in [5, 5.41) is 2.76. The Morgan fingerprint density at radius 2 is 2.17 bits per heavy atom. The minimum absolute atomic E-state index is 0.0889. The quantitative estimate of drug-likeness (QED) is 0.871. The summed E-state index contributed by atoms with van der Waals surface area (Å²) in [4.78, 5) is 13.0. The SMILES string of the molecule is CNCC(=O)N(C)c1ccc(OC(C)C)c(F)c1. The summed E-state index contributed by atoms with van der Waals surface area (Å²) in [7, 11) is 3.29. The molecule has 0 saturated heterocycles. The highest BCUT2D eigenvalue weighted by Crippen LogP contribution is 2.24. The smallest absolute Gasteiger partial charge is 0.240 e. The second-order valence-electron chi connectivity index (χ2n) is 4.26. The van der Waals surface area contributed by atoms with E-state index in [1.54, 1.807) is 20.2 Å². The molecule has 4 nitrogen and oxygen atoms in total. The lowest BCUT2D eigenvalue weighted by molar-refractivity contribution is -0.117. The molecule has 1 amide bonds. The second kappa shape index (κ2) is 6.35. The summed E-state index contributed by atoms with van der Waals surface area (Å²) in [5.74, 6) is -0.400. The van der Waals surface area contributed by atoms with Gasteiger partial charge in [0.05, 0.1) is 12.6 Å². The van der Waals surface area contributed by atoms with E-state index in [0.29, 0.717) is 5.69 Å². The third-order valence-electron chi connectivity index (χ3n) is 2.37. The van der Waals surface area contributed by atoms with Crippen molar-refractivity contribution in [1.82, 2.24) is 5.32 Å². The largest absolute Gasteiger partial charge is 0.488 e. The maximum absolute atomic E-state index is 13.7. The summed E-state index contributed by atoms with van der Waals surface area (Å²) < 4.78 is 19.0. The molecule has 100 valence electrons. The highest BCUT2D eigenvalue weighted by atomic mass is 19.1. The first-order valence-electron chi connectivity index (χ1n) is 5.83. The molecule has 5 heteroatoms. The zero-order chi connectivity index (χ0) is 13.7. The van der Waals surface area contributed by atoms with Crippen LogP contribution in [0.3, 0.4) is 0 Å². The molecule has 0 heterocycles. The number of carbonyl (C=O) groups is 1. The Morgan fingerprint density at radius 3 is 2.67 bits per heavy atom. The number of hydrogen-bond acceptors (Lipinski definition) is 3. The molecule has 1 aromatic carbocycles. The van der Waals surface area contributed by atoms with Gasteiger partial charge in [-0.2, -0.15) is 0 Å². The molecule has 0 aliphatic rings. The van der Waals surface area contributed by atoms with Crippen LogP contribution >= 0.6 is 0 Å². The van der Waals surface area contributed by atoms with Gasteiger partial charge in [0, 0.05) is 18.8 Å². The third-order valence-corrected chi connectivity index (χ3v) is 2.37. The van der Waals surface area contributed by atoms with E-state index in [1.807, 2.05) is 13.8 Å². The maximum atomic E-state index is 13.7. The number of benzene rings is 1. The van der Waals surface area contributed by atoms with Crippen molar-refractivity contribution in [2.45, 2.75) is 20.0 Å². The molecule has 1 rings (SSSR count). The fourth-order valence-corrected chi connectivity index (χ4v) is 1.46. The molecule has 0 aliphatic carbocycles. The number of nitrogens with one attached hydrogen (secondary N) is 1. The zero-order valence-electron chi connectivity index (χ0n) is 11.2. The van der Waals surface area contributed by atoms with Crippen LogP contribution in [0.4, 0.5) is 10.1 Å². The van der Waals surface area contributed by atoms with E-state index in [-0.39, 0.29) is 24.3 Å². The van der Waals surface area contributed by atoms with Crippen LogP contribution in [0.25, 0.3) is 0 Å². The number of hydrogen-bond donors (Lipinski definition) is 1. The van der Waals surface area contributed by atoms with Gasteiger partial charge >= 0.3 is 0 Å². The average Bonchev–Trinajstić information content (AvgIpc) is 2.30. The van der Waals surface area contributed by atoms with Crippen LogP contribution in [-0.4, -0.2) is 32.7 Å². The van der Waals surface area contributed by atoms with Gasteiger partial charge in [0.15, 0.2) is 11.6 Å². The molecule has 0 saturated carbocycles. The standard InChI is InChI=1S/C13H19FN2O2/c1-9(2)18-12-6-5-10(7-11(12)14)16(4)13(17)8-15-3/h5-7,9,15H,8H2,1-4H3. The van der Waals surface area contributed by atoms with Crippen LogP contribution in [0, 0.1) is 5.82 Å². The van der Waals surface area contributed by atoms with Crippen molar-refractivity contribution in [3.05, 3.63) is 24.0 Å². The molecule has 18 heavy (non-hydrogen) atoms. The van der Waals surface area contributed by atoms with Gasteiger partial charge in [-0.25, -0.2) is 4.39 Å². The van der Waals surface area contributed by atoms with Crippen molar-refractivity contribution in [1.29, 1.82) is 0 Å². The lowest BCUT2D eigenvalue weighted by atomic mass is 10.2. The molecule has 1 aromatic rings. The monoisotopic (exact) mass is 254 g/mol. The molecule has 0 fully saturated rings. The van der Waals surface area contributed by atoms with E-state index < -0.39 is 5.82 Å². The zero-order valence-corrected chi connectivity index (χ0v) is 11.2. The van der Waals surface area contributed by atoms with Gasteiger partial charge < -0.3 is 15.0 Å². The molecule has 0 radical (unpaired) electrons. The highest BCUT2D eigenvalue weighted by Gasteiger charge is 2.13. The Morgan fingerprint density at radius 1 is 1.50 bits per heavy atom. The molecule has 0 unspecified atom stereocenters. The van der Waals surface area contributed by atoms with Gasteiger partial charge in [0.2, 0.25) is 5.91 Å². The first-order valence-corrected chi connectivity index (χ1v) is 5.83. The summed E-state index contributed by atoms with van der Waals surface area (Å²) in [6, 6.07) is 4.49. The first-order chi connectivity index (χ1) is 8.45. The number of amides is 1. The normalized spacial score (nSPS) is 10.6. The van der Waals surface area contributed by atoms with Crippen LogP contribution < -0.4 is 15.0 Å². The highest BCUT2D eigenvalue weighted by molar-refractivity contribution is 5.94. The second-order valence-corrected chi connectivity index (χ2v) is 4.26.